The van der Waals surface area contributed by atoms with Gasteiger partial charge in [-0.1, -0.05) is 19.3 Å². The third-order valence-corrected chi connectivity index (χ3v) is 2.17. The van der Waals surface area contributed by atoms with E-state index in [1.807, 2.05) is 0 Å². The van der Waals surface area contributed by atoms with Gasteiger partial charge in [-0.15, -0.1) is 0 Å². The lowest BCUT2D eigenvalue weighted by molar-refractivity contribution is -0.130. The van der Waals surface area contributed by atoms with E-state index in [0.29, 0.717) is 5.92 Å². The van der Waals surface area contributed by atoms with Gasteiger partial charge in [-0.25, -0.2) is 0 Å². The summed E-state index contributed by atoms with van der Waals surface area (Å²) in [7, 11) is 0. The van der Waals surface area contributed by atoms with Crippen molar-refractivity contribution in [3.05, 3.63) is 0 Å². The number of hydrogen-bond acceptors (Lipinski definition) is 1. The summed E-state index contributed by atoms with van der Waals surface area (Å²) in [5, 5.41) is 0. The Labute approximate surface area is 60.6 Å². The van der Waals surface area contributed by atoms with Crippen molar-refractivity contribution < 1.29 is 9.18 Å². The van der Waals surface area contributed by atoms with Crippen LogP contribution in [0.3, 0.4) is 0 Å². The standard InChI is InChI=1S/C8H13FO/c9-8(10)6-7-4-2-1-3-5-7/h7H,1-6H2. The second kappa shape index (κ2) is 3.69. The number of halogens is 1. The smallest absolute Gasteiger partial charge is 0.261 e. The molecule has 0 aromatic rings. The van der Waals surface area contributed by atoms with E-state index in [-0.39, 0.29) is 6.42 Å². The molecule has 0 spiro atoms. The van der Waals surface area contributed by atoms with Gasteiger partial charge in [0.25, 0.3) is 0 Å². The van der Waals surface area contributed by atoms with Crippen molar-refractivity contribution >= 4 is 6.04 Å². The maximum absolute atomic E-state index is 11.8. The van der Waals surface area contributed by atoms with E-state index in [2.05, 4.69) is 0 Å². The lowest BCUT2D eigenvalue weighted by Crippen LogP contribution is -2.08. The zero-order valence-electron chi connectivity index (χ0n) is 6.11. The molecule has 0 amide bonds. The molecule has 0 saturated heterocycles. The van der Waals surface area contributed by atoms with Crippen LogP contribution in [0, 0.1) is 5.92 Å². The molecular weight excluding hydrogens is 131 g/mol. The molecule has 0 N–H and O–H groups in total. The van der Waals surface area contributed by atoms with E-state index in [1.54, 1.807) is 0 Å². The first kappa shape index (κ1) is 7.70. The van der Waals surface area contributed by atoms with Gasteiger partial charge in [0.15, 0.2) is 0 Å². The summed E-state index contributed by atoms with van der Waals surface area (Å²) in [6.45, 7) is 0. The fourth-order valence-corrected chi connectivity index (χ4v) is 1.62. The molecule has 10 heavy (non-hydrogen) atoms. The molecule has 1 aliphatic rings. The summed E-state index contributed by atoms with van der Waals surface area (Å²) in [6.07, 6.45) is 5.89. The molecule has 0 aliphatic heterocycles. The zero-order valence-corrected chi connectivity index (χ0v) is 6.11. The second-order valence-corrected chi connectivity index (χ2v) is 3.06. The van der Waals surface area contributed by atoms with E-state index in [1.165, 1.54) is 19.3 Å². The van der Waals surface area contributed by atoms with Crippen molar-refractivity contribution in [2.24, 2.45) is 5.92 Å². The Morgan fingerprint density at radius 3 is 2.40 bits per heavy atom. The topological polar surface area (TPSA) is 17.1 Å². The van der Waals surface area contributed by atoms with Gasteiger partial charge in [0.2, 0.25) is 0 Å². The van der Waals surface area contributed by atoms with Gasteiger partial charge in [0, 0.05) is 6.42 Å². The van der Waals surface area contributed by atoms with E-state index in [4.69, 9.17) is 0 Å². The third-order valence-electron chi connectivity index (χ3n) is 2.17. The van der Waals surface area contributed by atoms with Gasteiger partial charge in [-0.3, -0.25) is 4.79 Å². The Morgan fingerprint density at radius 1 is 1.30 bits per heavy atom. The van der Waals surface area contributed by atoms with Gasteiger partial charge in [0.1, 0.15) is 0 Å². The van der Waals surface area contributed by atoms with Gasteiger partial charge in [-0.2, -0.15) is 4.39 Å². The maximum Gasteiger partial charge on any atom is 0.301 e. The second-order valence-electron chi connectivity index (χ2n) is 3.06. The largest absolute Gasteiger partial charge is 0.301 e. The predicted octanol–water partition coefficient (Wildman–Crippen LogP) is 2.45. The maximum atomic E-state index is 11.8. The van der Waals surface area contributed by atoms with Crippen molar-refractivity contribution in [1.29, 1.82) is 0 Å². The molecule has 1 fully saturated rings. The molecule has 0 radical (unpaired) electrons. The van der Waals surface area contributed by atoms with Crippen LogP contribution in [-0.4, -0.2) is 6.04 Å². The normalized spacial score (nSPS) is 20.9. The first-order chi connectivity index (χ1) is 4.79. The molecule has 0 heterocycles. The molecule has 0 aromatic carbocycles. The molecule has 58 valence electrons. The highest BCUT2D eigenvalue weighted by atomic mass is 19.1. The lowest BCUT2D eigenvalue weighted by atomic mass is 9.87. The van der Waals surface area contributed by atoms with Crippen molar-refractivity contribution in [2.45, 2.75) is 38.5 Å². The van der Waals surface area contributed by atoms with Crippen molar-refractivity contribution in [3.63, 3.8) is 0 Å². The summed E-state index contributed by atoms with van der Waals surface area (Å²) in [4.78, 5) is 10.0. The quantitative estimate of drug-likeness (QED) is 0.544. The molecule has 0 atom stereocenters. The summed E-state index contributed by atoms with van der Waals surface area (Å²) < 4.78 is 11.8. The molecule has 1 aliphatic carbocycles. The average molecular weight is 144 g/mol. The minimum Gasteiger partial charge on any atom is -0.261 e. The van der Waals surface area contributed by atoms with E-state index < -0.39 is 6.04 Å². The number of rotatable bonds is 2. The molecule has 0 aromatic heterocycles. The summed E-state index contributed by atoms with van der Waals surface area (Å²) >= 11 is 0. The molecule has 0 bridgehead atoms. The summed E-state index contributed by atoms with van der Waals surface area (Å²) in [6, 6.07) is -1.13. The first-order valence-corrected chi connectivity index (χ1v) is 3.97. The van der Waals surface area contributed by atoms with Gasteiger partial charge < -0.3 is 0 Å². The predicted molar refractivity (Wildman–Crippen MR) is 37.3 cm³/mol. The minimum absolute atomic E-state index is 0.167. The van der Waals surface area contributed by atoms with Crippen molar-refractivity contribution in [3.8, 4) is 0 Å². The third kappa shape index (κ3) is 2.46. The monoisotopic (exact) mass is 144 g/mol. The highest BCUT2D eigenvalue weighted by molar-refractivity contribution is 5.68. The average Bonchev–Trinajstić information content (AvgIpc) is 1.88. The minimum atomic E-state index is -1.13. The SMILES string of the molecule is O=C(F)CC1CCCCC1. The zero-order chi connectivity index (χ0) is 7.40. The highest BCUT2D eigenvalue weighted by Gasteiger charge is 2.16. The fraction of sp³-hybridized carbons (Fsp3) is 0.875. The molecular formula is C8H13FO. The van der Waals surface area contributed by atoms with E-state index >= 15 is 0 Å². The van der Waals surface area contributed by atoms with Gasteiger partial charge in [0.05, 0.1) is 0 Å². The van der Waals surface area contributed by atoms with Crippen LogP contribution in [0.2, 0.25) is 0 Å². The molecule has 1 saturated carbocycles. The van der Waals surface area contributed by atoms with Crippen LogP contribution in [0.4, 0.5) is 4.39 Å². The van der Waals surface area contributed by atoms with Crippen LogP contribution in [-0.2, 0) is 4.79 Å². The van der Waals surface area contributed by atoms with Crippen LogP contribution in [0.15, 0.2) is 0 Å². The Hall–Kier alpha value is -0.400. The summed E-state index contributed by atoms with van der Waals surface area (Å²) in [5.41, 5.74) is 0. The van der Waals surface area contributed by atoms with E-state index in [0.717, 1.165) is 12.8 Å². The van der Waals surface area contributed by atoms with Crippen LogP contribution < -0.4 is 0 Å². The Morgan fingerprint density at radius 2 is 1.90 bits per heavy atom. The van der Waals surface area contributed by atoms with E-state index in [9.17, 15) is 9.18 Å². The van der Waals surface area contributed by atoms with Crippen LogP contribution in [0.5, 0.6) is 0 Å². The molecule has 1 nitrogen and oxygen atoms in total. The number of carbonyl (C=O) groups excluding carboxylic acids is 1. The number of hydrogen-bond donors (Lipinski definition) is 0. The van der Waals surface area contributed by atoms with Crippen molar-refractivity contribution in [2.75, 3.05) is 0 Å². The van der Waals surface area contributed by atoms with Crippen molar-refractivity contribution in [1.82, 2.24) is 0 Å². The Bertz CT molecular complexity index is 116. The van der Waals surface area contributed by atoms with Gasteiger partial charge >= 0.3 is 6.04 Å². The fourth-order valence-electron chi connectivity index (χ4n) is 1.62. The van der Waals surface area contributed by atoms with Crippen LogP contribution >= 0.6 is 0 Å². The van der Waals surface area contributed by atoms with Gasteiger partial charge in [-0.05, 0) is 18.8 Å². The first-order valence-electron chi connectivity index (χ1n) is 3.97. The molecule has 1 rings (SSSR count). The van der Waals surface area contributed by atoms with Crippen LogP contribution in [0.25, 0.3) is 0 Å². The molecule has 0 unspecified atom stereocenters. The van der Waals surface area contributed by atoms with Crippen LogP contribution in [0.1, 0.15) is 38.5 Å². The Balaban J connectivity index is 2.19. The summed E-state index contributed by atoms with van der Waals surface area (Å²) in [5.74, 6) is 0.353. The highest BCUT2D eigenvalue weighted by Crippen LogP contribution is 2.26. The Kier molecular flexibility index (Phi) is 2.84. The molecule has 2 heteroatoms. The lowest BCUT2D eigenvalue weighted by Gasteiger charge is -2.18. The number of carbonyl (C=O) groups is 1.